The largest absolute Gasteiger partial charge is 0.462 e. The van der Waals surface area contributed by atoms with Gasteiger partial charge in [-0.25, -0.2) is 19.2 Å². The van der Waals surface area contributed by atoms with Gasteiger partial charge in [0.05, 0.1) is 5.56 Å². The first-order chi connectivity index (χ1) is 10.6. The Hall–Kier alpha value is -2.61. The molecule has 0 aromatic carbocycles. The van der Waals surface area contributed by atoms with Gasteiger partial charge >= 0.3 is 0 Å². The molecule has 2 aromatic rings. The predicted molar refractivity (Wildman–Crippen MR) is 69.2 cm³/mol. The van der Waals surface area contributed by atoms with Gasteiger partial charge in [-0.05, 0) is 31.0 Å². The van der Waals surface area contributed by atoms with E-state index in [1.54, 1.807) is 0 Å². The molecule has 0 saturated heterocycles. The monoisotopic (exact) mass is 307 g/mol. The highest BCUT2D eigenvalue weighted by Crippen LogP contribution is 2.49. The number of carbonyl (C=O) groups is 1. The predicted octanol–water partition coefficient (Wildman–Crippen LogP) is 1.94. The number of aromatic nitrogens is 2. The first-order valence-corrected chi connectivity index (χ1v) is 6.46. The number of hydrogen-bond donors (Lipinski definition) is 2. The summed E-state index contributed by atoms with van der Waals surface area (Å²) in [6.07, 6.45) is 3.46. The number of hydrogen-bond acceptors (Lipinski definition) is 5. The van der Waals surface area contributed by atoms with Crippen molar-refractivity contribution in [1.82, 2.24) is 15.4 Å². The van der Waals surface area contributed by atoms with Crippen LogP contribution in [0.1, 0.15) is 28.9 Å². The first kappa shape index (κ1) is 14.3. The second-order valence-corrected chi connectivity index (χ2v) is 4.88. The minimum absolute atomic E-state index is 0.105. The van der Waals surface area contributed by atoms with Gasteiger partial charge < -0.3 is 4.74 Å². The van der Waals surface area contributed by atoms with Crippen LogP contribution in [0.3, 0.4) is 0 Å². The number of halogens is 2. The molecule has 114 valence electrons. The van der Waals surface area contributed by atoms with Crippen LogP contribution in [0.15, 0.2) is 30.6 Å². The van der Waals surface area contributed by atoms with Crippen molar-refractivity contribution < 1.29 is 23.5 Å². The fraction of sp³-hybridized carbons (Fsp3) is 0.214. The molecule has 2 N–H and O–H groups in total. The summed E-state index contributed by atoms with van der Waals surface area (Å²) in [4.78, 5) is 18.8. The van der Waals surface area contributed by atoms with E-state index in [1.165, 1.54) is 23.8 Å². The molecular formula is C14H11F2N3O3. The van der Waals surface area contributed by atoms with Crippen LogP contribution in [0.4, 0.5) is 8.78 Å². The van der Waals surface area contributed by atoms with Gasteiger partial charge in [0, 0.05) is 12.4 Å². The second-order valence-electron chi connectivity index (χ2n) is 4.88. The Morgan fingerprint density at radius 1 is 1.32 bits per heavy atom. The standard InChI is InChI=1S/C14H11F2N3O3/c15-9-2-1-5-17-11(9)14(3-4-14)22-13-10(16)6-8(7-18-13)12(20)19-21/h1-2,5-7,21H,3-4H2,(H,19,20). The number of hydroxylamine groups is 1. The number of amides is 1. The summed E-state index contributed by atoms with van der Waals surface area (Å²) >= 11 is 0. The van der Waals surface area contributed by atoms with E-state index in [0.29, 0.717) is 12.8 Å². The van der Waals surface area contributed by atoms with Crippen LogP contribution < -0.4 is 10.2 Å². The van der Waals surface area contributed by atoms with E-state index in [0.717, 1.165) is 12.3 Å². The maximum absolute atomic E-state index is 14.0. The zero-order chi connectivity index (χ0) is 15.7. The molecule has 1 aliphatic rings. The van der Waals surface area contributed by atoms with E-state index in [2.05, 4.69) is 9.97 Å². The molecule has 0 bridgehead atoms. The van der Waals surface area contributed by atoms with Crippen molar-refractivity contribution in [2.75, 3.05) is 0 Å². The average Bonchev–Trinajstić information content (AvgIpc) is 3.29. The molecular weight excluding hydrogens is 296 g/mol. The zero-order valence-electron chi connectivity index (χ0n) is 11.2. The fourth-order valence-corrected chi connectivity index (χ4v) is 2.10. The summed E-state index contributed by atoms with van der Waals surface area (Å²) in [5, 5.41) is 8.49. The van der Waals surface area contributed by atoms with Gasteiger partial charge in [-0.1, -0.05) is 0 Å². The van der Waals surface area contributed by atoms with Crippen LogP contribution in [0.2, 0.25) is 0 Å². The molecule has 3 rings (SSSR count). The Kier molecular flexibility index (Phi) is 3.45. The third kappa shape index (κ3) is 2.48. The van der Waals surface area contributed by atoms with Crippen molar-refractivity contribution in [3.63, 3.8) is 0 Å². The highest BCUT2D eigenvalue weighted by molar-refractivity contribution is 5.93. The number of pyridine rings is 2. The minimum Gasteiger partial charge on any atom is -0.462 e. The summed E-state index contributed by atoms with van der Waals surface area (Å²) in [6, 6.07) is 3.58. The maximum atomic E-state index is 14.0. The molecule has 0 atom stereocenters. The van der Waals surface area contributed by atoms with Crippen LogP contribution in [0, 0.1) is 11.6 Å². The number of ether oxygens (including phenoxy) is 1. The quantitative estimate of drug-likeness (QED) is 0.666. The van der Waals surface area contributed by atoms with E-state index in [4.69, 9.17) is 9.94 Å². The molecule has 22 heavy (non-hydrogen) atoms. The SMILES string of the molecule is O=C(NO)c1cnc(OC2(c3ncccc3F)CC2)c(F)c1. The van der Waals surface area contributed by atoms with E-state index >= 15 is 0 Å². The Morgan fingerprint density at radius 2 is 2.09 bits per heavy atom. The first-order valence-electron chi connectivity index (χ1n) is 6.46. The third-order valence-corrected chi connectivity index (χ3v) is 3.36. The normalized spacial score (nSPS) is 15.2. The van der Waals surface area contributed by atoms with Crippen molar-refractivity contribution in [3.05, 3.63) is 53.5 Å². The number of nitrogens with one attached hydrogen (secondary N) is 1. The lowest BCUT2D eigenvalue weighted by Crippen LogP contribution is -2.22. The van der Waals surface area contributed by atoms with Gasteiger partial charge in [-0.2, -0.15) is 0 Å². The van der Waals surface area contributed by atoms with Crippen molar-refractivity contribution >= 4 is 5.91 Å². The molecule has 0 unspecified atom stereocenters. The number of carbonyl (C=O) groups excluding carboxylic acids is 1. The average molecular weight is 307 g/mol. The van der Waals surface area contributed by atoms with E-state index in [1.807, 2.05) is 0 Å². The van der Waals surface area contributed by atoms with Crippen LogP contribution in [0.5, 0.6) is 5.88 Å². The van der Waals surface area contributed by atoms with Gasteiger partial charge in [0.15, 0.2) is 11.4 Å². The number of nitrogens with zero attached hydrogens (tertiary/aromatic N) is 2. The molecule has 0 spiro atoms. The van der Waals surface area contributed by atoms with E-state index in [9.17, 15) is 13.6 Å². The Bertz CT molecular complexity index is 735. The second kappa shape index (κ2) is 5.30. The summed E-state index contributed by atoms with van der Waals surface area (Å²) in [5.41, 5.74) is 0.287. The summed E-state index contributed by atoms with van der Waals surface area (Å²) in [5.74, 6) is -2.66. The number of rotatable bonds is 4. The smallest absolute Gasteiger partial charge is 0.276 e. The van der Waals surface area contributed by atoms with Crippen molar-refractivity contribution in [2.24, 2.45) is 0 Å². The topological polar surface area (TPSA) is 84.3 Å². The highest BCUT2D eigenvalue weighted by atomic mass is 19.1. The molecule has 6 nitrogen and oxygen atoms in total. The van der Waals surface area contributed by atoms with Crippen molar-refractivity contribution in [3.8, 4) is 5.88 Å². The Labute approximate surface area is 123 Å². The van der Waals surface area contributed by atoms with Gasteiger partial charge in [0.25, 0.3) is 11.8 Å². The summed E-state index contributed by atoms with van der Waals surface area (Å²) in [7, 11) is 0. The van der Waals surface area contributed by atoms with E-state index < -0.39 is 23.1 Å². The van der Waals surface area contributed by atoms with E-state index in [-0.39, 0.29) is 17.1 Å². The molecule has 8 heteroatoms. The lowest BCUT2D eigenvalue weighted by atomic mass is 10.2. The lowest BCUT2D eigenvalue weighted by Gasteiger charge is -2.17. The zero-order valence-corrected chi connectivity index (χ0v) is 11.2. The van der Waals surface area contributed by atoms with Crippen molar-refractivity contribution in [1.29, 1.82) is 0 Å². The van der Waals surface area contributed by atoms with Crippen molar-refractivity contribution in [2.45, 2.75) is 18.4 Å². The minimum atomic E-state index is -1.03. The Morgan fingerprint density at radius 3 is 2.68 bits per heavy atom. The van der Waals surface area contributed by atoms with Crippen LogP contribution >= 0.6 is 0 Å². The fourth-order valence-electron chi connectivity index (χ4n) is 2.10. The maximum Gasteiger partial charge on any atom is 0.276 e. The molecule has 2 heterocycles. The summed E-state index contributed by atoms with van der Waals surface area (Å²) in [6.45, 7) is 0. The van der Waals surface area contributed by atoms with Gasteiger partial charge in [-0.3, -0.25) is 15.0 Å². The van der Waals surface area contributed by atoms with Gasteiger partial charge in [0.1, 0.15) is 11.5 Å². The van der Waals surface area contributed by atoms with Crippen LogP contribution in [-0.2, 0) is 5.60 Å². The Balaban J connectivity index is 1.88. The lowest BCUT2D eigenvalue weighted by molar-refractivity contribution is 0.0705. The molecule has 1 fully saturated rings. The molecule has 1 amide bonds. The highest BCUT2D eigenvalue weighted by Gasteiger charge is 2.51. The molecule has 0 aliphatic heterocycles. The molecule has 0 radical (unpaired) electrons. The molecule has 1 saturated carbocycles. The van der Waals surface area contributed by atoms with Crippen LogP contribution in [-0.4, -0.2) is 21.1 Å². The molecule has 1 aliphatic carbocycles. The third-order valence-electron chi connectivity index (χ3n) is 3.36. The molecule has 2 aromatic heterocycles. The van der Waals surface area contributed by atoms with Gasteiger partial charge in [-0.15, -0.1) is 0 Å². The van der Waals surface area contributed by atoms with Crippen LogP contribution in [0.25, 0.3) is 0 Å². The van der Waals surface area contributed by atoms with Gasteiger partial charge in [0.2, 0.25) is 0 Å². The summed E-state index contributed by atoms with van der Waals surface area (Å²) < 4.78 is 33.3.